The zero-order valence-corrected chi connectivity index (χ0v) is 15.2. The Balaban J connectivity index is 1.83. The van der Waals surface area contributed by atoms with Crippen molar-refractivity contribution in [2.24, 2.45) is 0 Å². The van der Waals surface area contributed by atoms with Gasteiger partial charge in [0.25, 0.3) is 0 Å². The fourth-order valence-electron chi connectivity index (χ4n) is 2.28. The Kier molecular flexibility index (Phi) is 4.41. The van der Waals surface area contributed by atoms with Crippen molar-refractivity contribution >= 4 is 14.1 Å². The van der Waals surface area contributed by atoms with Crippen LogP contribution in [0.15, 0.2) is 0 Å². The molecule has 0 unspecified atom stereocenters. The average molecular weight is 316 g/mol. The lowest BCUT2D eigenvalue weighted by atomic mass is 10.1. The molecule has 21 heavy (non-hydrogen) atoms. The van der Waals surface area contributed by atoms with Crippen molar-refractivity contribution in [2.75, 3.05) is 6.61 Å². The Hall–Kier alpha value is -0.273. The van der Waals surface area contributed by atoms with Gasteiger partial charge in [-0.1, -0.05) is 20.8 Å². The lowest BCUT2D eigenvalue weighted by Gasteiger charge is -2.36. The number of hydrogen-bond donors (Lipinski definition) is 0. The SMILES string of the molecule is CC1(C)O[C@H]2O[C@H](CCO[Si](C)(C)C(C)(C)C)C(=O)[C@H]2O1. The quantitative estimate of drug-likeness (QED) is 0.747. The highest BCUT2D eigenvalue weighted by Gasteiger charge is 2.54. The van der Waals surface area contributed by atoms with E-state index in [1.165, 1.54) is 0 Å². The maximum atomic E-state index is 12.3. The van der Waals surface area contributed by atoms with Crippen molar-refractivity contribution in [1.29, 1.82) is 0 Å². The highest BCUT2D eigenvalue weighted by atomic mass is 28.4. The van der Waals surface area contributed by atoms with Gasteiger partial charge in [0.2, 0.25) is 0 Å². The summed E-state index contributed by atoms with van der Waals surface area (Å²) in [5.74, 6) is -0.766. The van der Waals surface area contributed by atoms with E-state index in [9.17, 15) is 4.79 Å². The van der Waals surface area contributed by atoms with Gasteiger partial charge in [0.15, 0.2) is 32.3 Å². The van der Waals surface area contributed by atoms with Gasteiger partial charge >= 0.3 is 0 Å². The molecule has 0 aromatic rings. The fraction of sp³-hybridized carbons (Fsp3) is 0.933. The molecule has 0 aromatic carbocycles. The fourth-order valence-corrected chi connectivity index (χ4v) is 3.34. The smallest absolute Gasteiger partial charge is 0.195 e. The average Bonchev–Trinajstić information content (AvgIpc) is 2.72. The first-order valence-corrected chi connectivity index (χ1v) is 10.5. The van der Waals surface area contributed by atoms with Gasteiger partial charge in [-0.2, -0.15) is 0 Å². The van der Waals surface area contributed by atoms with Crippen molar-refractivity contribution in [3.63, 3.8) is 0 Å². The zero-order chi connectivity index (χ0) is 16.1. The molecule has 2 fully saturated rings. The molecule has 2 saturated heterocycles. The van der Waals surface area contributed by atoms with E-state index in [1.54, 1.807) is 13.8 Å². The Morgan fingerprint density at radius 3 is 2.38 bits per heavy atom. The van der Waals surface area contributed by atoms with Crippen LogP contribution in [0.25, 0.3) is 0 Å². The summed E-state index contributed by atoms with van der Waals surface area (Å²) >= 11 is 0. The second-order valence-electron chi connectivity index (χ2n) is 7.85. The zero-order valence-electron chi connectivity index (χ0n) is 14.2. The van der Waals surface area contributed by atoms with E-state index in [0.717, 1.165) is 0 Å². The van der Waals surface area contributed by atoms with E-state index in [2.05, 4.69) is 33.9 Å². The second-order valence-corrected chi connectivity index (χ2v) is 12.7. The first-order chi connectivity index (χ1) is 9.43. The Morgan fingerprint density at radius 2 is 1.86 bits per heavy atom. The predicted molar refractivity (Wildman–Crippen MR) is 81.5 cm³/mol. The molecular formula is C15H28O5Si. The lowest BCUT2D eigenvalue weighted by Crippen LogP contribution is -2.41. The molecule has 6 heteroatoms. The number of carbonyl (C=O) groups excluding carboxylic acids is 1. The molecule has 2 aliphatic rings. The minimum Gasteiger partial charge on any atom is -0.417 e. The van der Waals surface area contributed by atoms with Crippen molar-refractivity contribution in [3.05, 3.63) is 0 Å². The van der Waals surface area contributed by atoms with E-state index < -0.39 is 32.6 Å². The number of Topliss-reactive ketones (excluding diaryl/α,β-unsaturated/α-hetero) is 1. The summed E-state index contributed by atoms with van der Waals surface area (Å²) < 4.78 is 22.9. The Bertz CT molecular complexity index is 413. The minimum atomic E-state index is -1.78. The van der Waals surface area contributed by atoms with Crippen LogP contribution in [0.5, 0.6) is 0 Å². The largest absolute Gasteiger partial charge is 0.417 e. The molecule has 0 amide bonds. The molecule has 0 aliphatic carbocycles. The van der Waals surface area contributed by atoms with Crippen LogP contribution in [0.1, 0.15) is 41.0 Å². The molecular weight excluding hydrogens is 288 g/mol. The Morgan fingerprint density at radius 1 is 1.24 bits per heavy atom. The molecule has 2 aliphatic heterocycles. The standard InChI is InChI=1S/C15H28O5Si/c1-14(2,3)21(6,7)17-9-8-10-11(16)12-13(18-10)20-15(4,5)19-12/h10,12-13H,8-9H2,1-7H3/t10-,12-,13-/m1/s1. The first-order valence-electron chi connectivity index (χ1n) is 7.62. The van der Waals surface area contributed by atoms with Gasteiger partial charge in [0, 0.05) is 13.0 Å². The third kappa shape index (κ3) is 3.56. The molecule has 2 heterocycles. The van der Waals surface area contributed by atoms with E-state index >= 15 is 0 Å². The predicted octanol–water partition coefficient (Wildman–Crippen LogP) is 2.84. The maximum absolute atomic E-state index is 12.3. The van der Waals surface area contributed by atoms with Gasteiger partial charge in [0.05, 0.1) is 0 Å². The summed E-state index contributed by atoms with van der Waals surface area (Å²) in [4.78, 5) is 12.3. The Labute approximate surface area is 128 Å². The third-order valence-corrected chi connectivity index (χ3v) is 9.14. The molecule has 0 spiro atoms. The van der Waals surface area contributed by atoms with Gasteiger partial charge in [-0.25, -0.2) is 0 Å². The molecule has 0 bridgehead atoms. The van der Waals surface area contributed by atoms with Crippen LogP contribution >= 0.6 is 0 Å². The number of ether oxygens (including phenoxy) is 3. The number of ketones is 1. The molecule has 0 N–H and O–H groups in total. The van der Waals surface area contributed by atoms with Crippen LogP contribution < -0.4 is 0 Å². The van der Waals surface area contributed by atoms with Gasteiger partial charge in [-0.3, -0.25) is 4.79 Å². The van der Waals surface area contributed by atoms with Gasteiger partial charge in [-0.05, 0) is 32.0 Å². The number of hydrogen-bond acceptors (Lipinski definition) is 5. The van der Waals surface area contributed by atoms with Gasteiger partial charge in [-0.15, -0.1) is 0 Å². The monoisotopic (exact) mass is 316 g/mol. The first kappa shape index (κ1) is 17.1. The number of rotatable bonds is 4. The van der Waals surface area contributed by atoms with E-state index in [1.807, 2.05) is 0 Å². The molecule has 0 saturated carbocycles. The van der Waals surface area contributed by atoms with Crippen LogP contribution in [0.2, 0.25) is 18.1 Å². The van der Waals surface area contributed by atoms with Crippen molar-refractivity contribution < 1.29 is 23.4 Å². The van der Waals surface area contributed by atoms with Crippen LogP contribution in [0.3, 0.4) is 0 Å². The molecule has 122 valence electrons. The van der Waals surface area contributed by atoms with Gasteiger partial charge < -0.3 is 18.6 Å². The van der Waals surface area contributed by atoms with Crippen LogP contribution in [-0.4, -0.2) is 45.0 Å². The topological polar surface area (TPSA) is 54.0 Å². The summed E-state index contributed by atoms with van der Waals surface area (Å²) in [5, 5.41) is 0.167. The van der Waals surface area contributed by atoms with Gasteiger partial charge in [0.1, 0.15) is 6.10 Å². The molecule has 3 atom stereocenters. The third-order valence-electron chi connectivity index (χ3n) is 4.60. The molecule has 0 aromatic heterocycles. The van der Waals surface area contributed by atoms with E-state index in [-0.39, 0.29) is 10.8 Å². The highest BCUT2D eigenvalue weighted by molar-refractivity contribution is 6.74. The number of carbonyl (C=O) groups is 1. The van der Waals surface area contributed by atoms with E-state index in [4.69, 9.17) is 18.6 Å². The second kappa shape index (κ2) is 5.42. The van der Waals surface area contributed by atoms with Crippen LogP contribution in [0.4, 0.5) is 0 Å². The lowest BCUT2D eigenvalue weighted by molar-refractivity contribution is -0.205. The molecule has 5 nitrogen and oxygen atoms in total. The maximum Gasteiger partial charge on any atom is 0.195 e. The van der Waals surface area contributed by atoms with Crippen molar-refractivity contribution in [2.45, 2.75) is 83.5 Å². The van der Waals surface area contributed by atoms with Crippen LogP contribution in [0, 0.1) is 0 Å². The summed E-state index contributed by atoms with van der Waals surface area (Å²) in [6, 6.07) is 0. The molecule has 2 rings (SSSR count). The van der Waals surface area contributed by atoms with Crippen LogP contribution in [-0.2, 0) is 23.4 Å². The number of fused-ring (bicyclic) bond motifs is 1. The normalized spacial score (nSPS) is 32.5. The summed E-state index contributed by atoms with van der Waals surface area (Å²) in [6.07, 6.45) is -1.06. The molecule has 0 radical (unpaired) electrons. The minimum absolute atomic E-state index is 0.0237. The highest BCUT2D eigenvalue weighted by Crippen LogP contribution is 2.38. The van der Waals surface area contributed by atoms with E-state index in [0.29, 0.717) is 13.0 Å². The van der Waals surface area contributed by atoms with Crippen molar-refractivity contribution in [3.8, 4) is 0 Å². The summed E-state index contributed by atoms with van der Waals surface area (Å²) in [5.41, 5.74) is 0. The summed E-state index contributed by atoms with van der Waals surface area (Å²) in [7, 11) is -1.78. The summed E-state index contributed by atoms with van der Waals surface area (Å²) in [6.45, 7) is 15.1. The van der Waals surface area contributed by atoms with Crippen molar-refractivity contribution in [1.82, 2.24) is 0 Å².